The zero-order chi connectivity index (χ0) is 17.2. The molecule has 0 saturated carbocycles. The zero-order valence-corrected chi connectivity index (χ0v) is 14.4. The molecule has 2 aliphatic rings. The summed E-state index contributed by atoms with van der Waals surface area (Å²) < 4.78 is 5.85. The van der Waals surface area contributed by atoms with Crippen LogP contribution in [0.4, 0.5) is 5.69 Å². The van der Waals surface area contributed by atoms with Crippen molar-refractivity contribution in [3.8, 4) is 5.75 Å². The summed E-state index contributed by atoms with van der Waals surface area (Å²) in [6.07, 6.45) is 8.28. The Morgan fingerprint density at radius 3 is 2.72 bits per heavy atom. The molecular formula is C20H18N2O2S. The molecule has 0 aromatic heterocycles. The highest BCUT2D eigenvalue weighted by molar-refractivity contribution is 7.99. The van der Waals surface area contributed by atoms with E-state index in [2.05, 4.69) is 17.5 Å². The molecule has 1 amide bonds. The summed E-state index contributed by atoms with van der Waals surface area (Å²) in [6, 6.07) is 13.3. The zero-order valence-electron chi connectivity index (χ0n) is 13.6. The number of ether oxygens (including phenoxy) is 1. The number of hydrogen-bond acceptors (Lipinski definition) is 4. The van der Waals surface area contributed by atoms with Crippen molar-refractivity contribution >= 4 is 23.4 Å². The molecule has 5 heteroatoms. The summed E-state index contributed by atoms with van der Waals surface area (Å²) in [5.74, 6) is 1.58. The molecule has 1 aliphatic heterocycles. The van der Waals surface area contributed by atoms with Gasteiger partial charge in [-0.05, 0) is 60.9 Å². The van der Waals surface area contributed by atoms with Crippen LogP contribution in [-0.2, 0) is 0 Å². The largest absolute Gasteiger partial charge is 0.458 e. The first-order valence-electron chi connectivity index (χ1n) is 8.20. The van der Waals surface area contributed by atoms with Crippen molar-refractivity contribution in [3.63, 3.8) is 0 Å². The topological polar surface area (TPSA) is 64.4 Å². The number of thioether (sulfide) groups is 1. The van der Waals surface area contributed by atoms with Gasteiger partial charge in [0.25, 0.3) is 5.91 Å². The molecule has 126 valence electrons. The van der Waals surface area contributed by atoms with Crippen LogP contribution >= 0.6 is 11.8 Å². The van der Waals surface area contributed by atoms with Crippen molar-refractivity contribution in [1.29, 1.82) is 0 Å². The molecule has 25 heavy (non-hydrogen) atoms. The summed E-state index contributed by atoms with van der Waals surface area (Å²) in [5, 5.41) is 2.90. The lowest BCUT2D eigenvalue weighted by molar-refractivity contribution is 0.0943. The van der Waals surface area contributed by atoms with Gasteiger partial charge in [0.05, 0.1) is 5.56 Å². The van der Waals surface area contributed by atoms with Gasteiger partial charge in [-0.2, -0.15) is 0 Å². The third kappa shape index (κ3) is 3.42. The second kappa shape index (κ2) is 6.69. The quantitative estimate of drug-likeness (QED) is 0.805. The van der Waals surface area contributed by atoms with Gasteiger partial charge in [-0.1, -0.05) is 30.0 Å². The minimum Gasteiger partial charge on any atom is -0.458 e. The molecule has 1 atom stereocenters. The summed E-state index contributed by atoms with van der Waals surface area (Å²) in [7, 11) is 0. The summed E-state index contributed by atoms with van der Waals surface area (Å²) >= 11 is 1.61. The number of anilines is 1. The van der Waals surface area contributed by atoms with E-state index in [1.54, 1.807) is 17.8 Å². The summed E-state index contributed by atoms with van der Waals surface area (Å²) in [4.78, 5) is 13.3. The SMILES string of the molecule is Nc1ccc2c(c1)C(=O)NC(c1ccc(OC3=CCCC=C3)cc1)S2. The molecule has 1 aliphatic carbocycles. The van der Waals surface area contributed by atoms with Crippen molar-refractivity contribution in [1.82, 2.24) is 5.32 Å². The maximum absolute atomic E-state index is 12.3. The average Bonchev–Trinajstić information content (AvgIpc) is 2.64. The highest BCUT2D eigenvalue weighted by atomic mass is 32.2. The van der Waals surface area contributed by atoms with Crippen molar-refractivity contribution in [2.45, 2.75) is 23.1 Å². The van der Waals surface area contributed by atoms with Crippen molar-refractivity contribution < 1.29 is 9.53 Å². The number of carbonyl (C=O) groups excluding carboxylic acids is 1. The standard InChI is InChI=1S/C20H18N2O2S/c21-14-8-11-18-17(12-14)19(23)22-20(25-18)13-6-9-16(10-7-13)24-15-4-2-1-3-5-15/h2,4-12,20H,1,3,21H2,(H,22,23). The van der Waals surface area contributed by atoms with E-state index >= 15 is 0 Å². The fourth-order valence-electron chi connectivity index (χ4n) is 2.84. The number of nitrogens with one attached hydrogen (secondary N) is 1. The van der Waals surface area contributed by atoms with Gasteiger partial charge in [0, 0.05) is 10.6 Å². The first kappa shape index (κ1) is 15.8. The minimum atomic E-state index is -0.119. The van der Waals surface area contributed by atoms with Gasteiger partial charge < -0.3 is 15.8 Å². The number of hydrogen-bond donors (Lipinski definition) is 2. The monoisotopic (exact) mass is 350 g/mol. The first-order chi connectivity index (χ1) is 12.2. The van der Waals surface area contributed by atoms with Gasteiger partial charge in [-0.25, -0.2) is 0 Å². The van der Waals surface area contributed by atoms with Crippen LogP contribution in [0.25, 0.3) is 0 Å². The Balaban J connectivity index is 1.51. The van der Waals surface area contributed by atoms with Crippen LogP contribution in [0.15, 0.2) is 71.3 Å². The first-order valence-corrected chi connectivity index (χ1v) is 9.08. The maximum Gasteiger partial charge on any atom is 0.253 e. The Morgan fingerprint density at radius 1 is 1.12 bits per heavy atom. The van der Waals surface area contributed by atoms with Crippen LogP contribution in [0.2, 0.25) is 0 Å². The van der Waals surface area contributed by atoms with E-state index in [-0.39, 0.29) is 11.3 Å². The molecule has 0 spiro atoms. The van der Waals surface area contributed by atoms with Crippen molar-refractivity contribution in [2.24, 2.45) is 0 Å². The molecule has 2 aromatic rings. The van der Waals surface area contributed by atoms with Crippen LogP contribution in [0, 0.1) is 0 Å². The number of carbonyl (C=O) groups is 1. The van der Waals surface area contributed by atoms with E-state index in [9.17, 15) is 4.79 Å². The highest BCUT2D eigenvalue weighted by Crippen LogP contribution is 2.40. The van der Waals surface area contributed by atoms with E-state index in [1.807, 2.05) is 42.5 Å². The molecule has 2 aromatic carbocycles. The number of rotatable bonds is 3. The van der Waals surface area contributed by atoms with Crippen LogP contribution in [-0.4, -0.2) is 5.91 Å². The van der Waals surface area contributed by atoms with Gasteiger partial charge in [-0.15, -0.1) is 0 Å². The van der Waals surface area contributed by atoms with E-state index in [0.29, 0.717) is 11.3 Å². The van der Waals surface area contributed by atoms with Gasteiger partial charge in [0.15, 0.2) is 0 Å². The molecule has 1 unspecified atom stereocenters. The van der Waals surface area contributed by atoms with Crippen LogP contribution in [0.1, 0.15) is 34.1 Å². The molecule has 3 N–H and O–H groups in total. The van der Waals surface area contributed by atoms with Crippen LogP contribution < -0.4 is 15.8 Å². The lowest BCUT2D eigenvalue weighted by Crippen LogP contribution is -2.30. The van der Waals surface area contributed by atoms with Crippen LogP contribution in [0.3, 0.4) is 0 Å². The molecular weight excluding hydrogens is 332 g/mol. The van der Waals surface area contributed by atoms with Crippen LogP contribution in [0.5, 0.6) is 5.75 Å². The normalized spacial score (nSPS) is 19.0. The molecule has 4 nitrogen and oxygen atoms in total. The summed E-state index contributed by atoms with van der Waals surface area (Å²) in [6.45, 7) is 0. The Labute approximate surface area is 150 Å². The number of amides is 1. The third-order valence-electron chi connectivity index (χ3n) is 4.13. The maximum atomic E-state index is 12.3. The number of fused-ring (bicyclic) bond motifs is 1. The lowest BCUT2D eigenvalue weighted by Gasteiger charge is -2.25. The predicted octanol–water partition coefficient (Wildman–Crippen LogP) is 4.42. The van der Waals surface area contributed by atoms with Gasteiger partial charge in [0.1, 0.15) is 16.9 Å². The summed E-state index contributed by atoms with van der Waals surface area (Å²) in [5.41, 5.74) is 8.03. The molecule has 1 heterocycles. The van der Waals surface area contributed by atoms with Gasteiger partial charge in [-0.3, -0.25) is 4.79 Å². The molecule has 0 bridgehead atoms. The number of benzene rings is 2. The van der Waals surface area contributed by atoms with E-state index in [4.69, 9.17) is 10.5 Å². The molecule has 0 fully saturated rings. The van der Waals surface area contributed by atoms with Crippen molar-refractivity contribution in [2.75, 3.05) is 5.73 Å². The third-order valence-corrected chi connectivity index (χ3v) is 5.37. The lowest BCUT2D eigenvalue weighted by atomic mass is 10.1. The Hall–Kier alpha value is -2.66. The number of nitrogens with two attached hydrogens (primary N) is 1. The van der Waals surface area contributed by atoms with E-state index in [1.165, 1.54) is 0 Å². The average molecular weight is 350 g/mol. The Kier molecular flexibility index (Phi) is 4.24. The number of allylic oxidation sites excluding steroid dienone is 3. The number of nitrogen functional groups attached to an aromatic ring is 1. The minimum absolute atomic E-state index is 0.0936. The molecule has 0 saturated heterocycles. The Bertz CT molecular complexity index is 872. The van der Waals surface area contributed by atoms with E-state index in [0.717, 1.165) is 34.8 Å². The van der Waals surface area contributed by atoms with Gasteiger partial charge >= 0.3 is 0 Å². The van der Waals surface area contributed by atoms with Gasteiger partial charge in [0.2, 0.25) is 0 Å². The highest BCUT2D eigenvalue weighted by Gasteiger charge is 2.26. The predicted molar refractivity (Wildman–Crippen MR) is 100 cm³/mol. The fourth-order valence-corrected chi connectivity index (χ4v) is 3.98. The second-order valence-electron chi connectivity index (χ2n) is 5.98. The Morgan fingerprint density at radius 2 is 1.96 bits per heavy atom. The smallest absolute Gasteiger partial charge is 0.253 e. The van der Waals surface area contributed by atoms with Crippen molar-refractivity contribution in [3.05, 3.63) is 77.6 Å². The molecule has 4 rings (SSSR count). The molecule has 0 radical (unpaired) electrons. The fraction of sp³-hybridized carbons (Fsp3) is 0.150. The second-order valence-corrected chi connectivity index (χ2v) is 7.13. The van der Waals surface area contributed by atoms with E-state index < -0.39 is 0 Å².